The van der Waals surface area contributed by atoms with E-state index in [-0.39, 0.29) is 5.41 Å². The van der Waals surface area contributed by atoms with Crippen LogP contribution in [0.15, 0.2) is 0 Å². The molecule has 0 saturated heterocycles. The standard InChI is InChI=1S/C30H50O3/c1-25(2,33)19-11-16-26(3)20(19)12-17-29(6)22(26)9-10-23-27(4)14-8-15-28(5,24(31)32)21(27)13-18-30(23,29)7/h19-23,33H,8-18H2,1-7H3,(H,31,32)/t19-,20-,21+,22+,23+,26-,27-,28+,29+,30+/m0/s1. The van der Waals surface area contributed by atoms with Crippen molar-refractivity contribution in [3.8, 4) is 0 Å². The van der Waals surface area contributed by atoms with E-state index in [1.54, 1.807) is 0 Å². The molecule has 0 aliphatic heterocycles. The zero-order valence-electron chi connectivity index (χ0n) is 22.5. The van der Waals surface area contributed by atoms with E-state index in [0.717, 1.165) is 25.2 Å². The van der Waals surface area contributed by atoms with Crippen molar-refractivity contribution in [3.63, 3.8) is 0 Å². The minimum Gasteiger partial charge on any atom is -0.481 e. The number of fused-ring (bicyclic) bond motifs is 7. The Morgan fingerprint density at radius 1 is 0.727 bits per heavy atom. The largest absolute Gasteiger partial charge is 0.481 e. The smallest absolute Gasteiger partial charge is 0.309 e. The summed E-state index contributed by atoms with van der Waals surface area (Å²) in [5.74, 6) is 2.20. The molecule has 33 heavy (non-hydrogen) atoms. The molecule has 0 spiro atoms. The number of aliphatic hydroxyl groups is 1. The van der Waals surface area contributed by atoms with Gasteiger partial charge in [-0.25, -0.2) is 0 Å². The summed E-state index contributed by atoms with van der Waals surface area (Å²) < 4.78 is 0. The second kappa shape index (κ2) is 7.01. The van der Waals surface area contributed by atoms with E-state index in [9.17, 15) is 15.0 Å². The molecule has 10 atom stereocenters. The van der Waals surface area contributed by atoms with Crippen LogP contribution in [0.3, 0.4) is 0 Å². The Balaban J connectivity index is 1.52. The number of aliphatic carboxylic acids is 1. The van der Waals surface area contributed by atoms with E-state index in [1.165, 1.54) is 51.4 Å². The molecule has 5 saturated carbocycles. The molecule has 2 N–H and O–H groups in total. The summed E-state index contributed by atoms with van der Waals surface area (Å²) in [5, 5.41) is 21.2. The van der Waals surface area contributed by atoms with Crippen molar-refractivity contribution in [1.82, 2.24) is 0 Å². The fourth-order valence-corrected chi connectivity index (χ4v) is 12.1. The average molecular weight is 459 g/mol. The second-order valence-electron chi connectivity index (χ2n) is 15.1. The van der Waals surface area contributed by atoms with Crippen molar-refractivity contribution in [2.75, 3.05) is 0 Å². The molecule has 0 radical (unpaired) electrons. The molecule has 5 aliphatic carbocycles. The summed E-state index contributed by atoms with van der Waals surface area (Å²) in [5.41, 5.74) is -0.0340. The summed E-state index contributed by atoms with van der Waals surface area (Å²) in [6, 6.07) is 0. The highest BCUT2D eigenvalue weighted by Gasteiger charge is 2.71. The van der Waals surface area contributed by atoms with Crippen molar-refractivity contribution in [2.45, 2.75) is 125 Å². The SMILES string of the molecule is CC(C)(O)[C@H]1CC[C@]2(C)[C@H]3CC[C@@H]4[C@@]5(C)CCC[C@@](C)(C(=O)O)[C@@H]5CC[C@@]4(C)[C@]3(C)CC[C@@H]12. The Labute approximate surface area is 202 Å². The third-order valence-electron chi connectivity index (χ3n) is 13.8. The molecule has 0 unspecified atom stereocenters. The molecular formula is C30H50O3. The van der Waals surface area contributed by atoms with Gasteiger partial charge in [0.1, 0.15) is 0 Å². The Morgan fingerprint density at radius 3 is 1.88 bits per heavy atom. The van der Waals surface area contributed by atoms with Crippen LogP contribution < -0.4 is 0 Å². The lowest BCUT2D eigenvalue weighted by Gasteiger charge is -2.73. The van der Waals surface area contributed by atoms with Gasteiger partial charge >= 0.3 is 5.97 Å². The lowest BCUT2D eigenvalue weighted by molar-refractivity contribution is -0.245. The first-order valence-electron chi connectivity index (χ1n) is 14.1. The van der Waals surface area contributed by atoms with Crippen LogP contribution in [-0.4, -0.2) is 21.8 Å². The van der Waals surface area contributed by atoms with Gasteiger partial charge in [0.15, 0.2) is 0 Å². The highest BCUT2D eigenvalue weighted by Crippen LogP contribution is 2.78. The molecule has 0 bridgehead atoms. The minimum absolute atomic E-state index is 0.148. The third kappa shape index (κ3) is 2.87. The van der Waals surface area contributed by atoms with Gasteiger partial charge in [0.2, 0.25) is 0 Å². The van der Waals surface area contributed by atoms with Crippen LogP contribution in [0.1, 0.15) is 119 Å². The minimum atomic E-state index is -0.577. The van der Waals surface area contributed by atoms with Gasteiger partial charge in [0.25, 0.3) is 0 Å². The molecule has 5 fully saturated rings. The van der Waals surface area contributed by atoms with Gasteiger partial charge in [-0.15, -0.1) is 0 Å². The molecular weight excluding hydrogens is 408 g/mol. The molecule has 5 aliphatic rings. The first-order chi connectivity index (χ1) is 15.1. The maximum Gasteiger partial charge on any atom is 0.309 e. The fourth-order valence-electron chi connectivity index (χ4n) is 12.1. The summed E-state index contributed by atoms with van der Waals surface area (Å²) in [6.07, 6.45) is 13.0. The van der Waals surface area contributed by atoms with Crippen molar-refractivity contribution in [2.24, 2.45) is 56.7 Å². The number of carbonyl (C=O) groups is 1. The van der Waals surface area contributed by atoms with Gasteiger partial charge in [-0.1, -0.05) is 34.1 Å². The molecule has 0 aromatic carbocycles. The van der Waals surface area contributed by atoms with Gasteiger partial charge in [0.05, 0.1) is 11.0 Å². The van der Waals surface area contributed by atoms with E-state index in [4.69, 9.17) is 0 Å². The van der Waals surface area contributed by atoms with Crippen LogP contribution >= 0.6 is 0 Å². The maximum atomic E-state index is 12.5. The third-order valence-corrected chi connectivity index (χ3v) is 13.8. The molecule has 188 valence electrons. The molecule has 0 aromatic rings. The van der Waals surface area contributed by atoms with Gasteiger partial charge in [-0.2, -0.15) is 0 Å². The van der Waals surface area contributed by atoms with E-state index in [2.05, 4.69) is 34.6 Å². The number of rotatable bonds is 2. The number of carboxylic acid groups (broad SMARTS) is 1. The van der Waals surface area contributed by atoms with Crippen LogP contribution in [0.2, 0.25) is 0 Å². The number of hydrogen-bond acceptors (Lipinski definition) is 2. The summed E-state index contributed by atoms with van der Waals surface area (Å²) in [6.45, 7) is 16.5. The zero-order valence-corrected chi connectivity index (χ0v) is 22.5. The van der Waals surface area contributed by atoms with Gasteiger partial charge in [-0.3, -0.25) is 4.79 Å². The van der Waals surface area contributed by atoms with Crippen LogP contribution in [0.4, 0.5) is 0 Å². The number of carboxylic acids is 1. The lowest BCUT2D eigenvalue weighted by atomic mass is 9.32. The van der Waals surface area contributed by atoms with Crippen LogP contribution in [0.25, 0.3) is 0 Å². The van der Waals surface area contributed by atoms with E-state index in [0.29, 0.717) is 39.9 Å². The lowest BCUT2D eigenvalue weighted by Crippen LogP contribution is -2.66. The van der Waals surface area contributed by atoms with Crippen molar-refractivity contribution < 1.29 is 15.0 Å². The average Bonchev–Trinajstić information content (AvgIpc) is 3.06. The second-order valence-corrected chi connectivity index (χ2v) is 15.1. The van der Waals surface area contributed by atoms with Gasteiger partial charge in [-0.05, 0) is 136 Å². The van der Waals surface area contributed by atoms with Crippen molar-refractivity contribution >= 4 is 5.97 Å². The predicted octanol–water partition coefficient (Wildman–Crippen LogP) is 7.31. The van der Waals surface area contributed by atoms with Crippen LogP contribution in [0.5, 0.6) is 0 Å². The molecule has 3 nitrogen and oxygen atoms in total. The Hall–Kier alpha value is -0.570. The highest BCUT2D eigenvalue weighted by molar-refractivity contribution is 5.75. The first-order valence-corrected chi connectivity index (χ1v) is 14.1. The van der Waals surface area contributed by atoms with Crippen LogP contribution in [0, 0.1) is 56.7 Å². The quantitative estimate of drug-likeness (QED) is 0.456. The fraction of sp³-hybridized carbons (Fsp3) is 0.967. The highest BCUT2D eigenvalue weighted by atomic mass is 16.4. The van der Waals surface area contributed by atoms with Crippen molar-refractivity contribution in [3.05, 3.63) is 0 Å². The maximum absolute atomic E-state index is 12.5. The summed E-state index contributed by atoms with van der Waals surface area (Å²) >= 11 is 0. The molecule has 0 amide bonds. The molecule has 5 rings (SSSR count). The van der Waals surface area contributed by atoms with E-state index >= 15 is 0 Å². The molecule has 0 aromatic heterocycles. The van der Waals surface area contributed by atoms with E-state index in [1.807, 2.05) is 13.8 Å². The van der Waals surface area contributed by atoms with E-state index < -0.39 is 17.0 Å². The van der Waals surface area contributed by atoms with Gasteiger partial charge in [0, 0.05) is 0 Å². The molecule has 0 heterocycles. The summed E-state index contributed by atoms with van der Waals surface area (Å²) in [4.78, 5) is 12.5. The number of hydrogen-bond donors (Lipinski definition) is 2. The normalized spacial score (nSPS) is 56.3. The predicted molar refractivity (Wildman–Crippen MR) is 133 cm³/mol. The Bertz CT molecular complexity index is 829. The first kappa shape index (κ1) is 24.1. The van der Waals surface area contributed by atoms with Crippen molar-refractivity contribution in [1.29, 1.82) is 0 Å². The topological polar surface area (TPSA) is 57.5 Å². The summed E-state index contributed by atoms with van der Waals surface area (Å²) in [7, 11) is 0. The zero-order chi connectivity index (χ0) is 24.2. The Kier molecular flexibility index (Phi) is 5.13. The Morgan fingerprint density at radius 2 is 1.30 bits per heavy atom. The van der Waals surface area contributed by atoms with Crippen LogP contribution in [-0.2, 0) is 4.79 Å². The van der Waals surface area contributed by atoms with Gasteiger partial charge < -0.3 is 10.2 Å². The monoisotopic (exact) mass is 458 g/mol. The molecule has 3 heteroatoms.